The quantitative estimate of drug-likeness (QED) is 0.695. The molecule has 1 fully saturated rings. The summed E-state index contributed by atoms with van der Waals surface area (Å²) in [7, 11) is 0. The summed E-state index contributed by atoms with van der Waals surface area (Å²) >= 11 is 0. The van der Waals surface area contributed by atoms with E-state index in [1.54, 1.807) is 0 Å². The number of nitrogens with zero attached hydrogens (tertiary/aromatic N) is 1. The average Bonchev–Trinajstić information content (AvgIpc) is 2.26. The van der Waals surface area contributed by atoms with Crippen molar-refractivity contribution in [2.24, 2.45) is 0 Å². The fraction of sp³-hybridized carbons (Fsp3) is 0.500. The normalized spacial score (nSPS) is 19.9. The number of alkyl halides is 5. The minimum absolute atomic E-state index is 0.163. The van der Waals surface area contributed by atoms with Gasteiger partial charge in [-0.1, -0.05) is 12.1 Å². The molecule has 2 rings (SSSR count). The lowest BCUT2D eigenvalue weighted by Gasteiger charge is -2.35. The summed E-state index contributed by atoms with van der Waals surface area (Å²) in [5, 5.41) is 0. The SMILES string of the molecule is FC1(F)CCCN(c2ccccc2C(F)(F)F)C1. The van der Waals surface area contributed by atoms with Crippen molar-refractivity contribution in [3.63, 3.8) is 0 Å². The zero-order chi connectivity index (χ0) is 13.4. The number of anilines is 1. The number of hydrogen-bond acceptors (Lipinski definition) is 1. The fourth-order valence-corrected chi connectivity index (χ4v) is 2.16. The van der Waals surface area contributed by atoms with E-state index in [1.165, 1.54) is 18.2 Å². The van der Waals surface area contributed by atoms with Gasteiger partial charge in [0.15, 0.2) is 0 Å². The van der Waals surface area contributed by atoms with Crippen LogP contribution in [0.15, 0.2) is 24.3 Å². The second kappa shape index (κ2) is 4.40. The highest BCUT2D eigenvalue weighted by molar-refractivity contribution is 5.55. The van der Waals surface area contributed by atoms with Crippen LogP contribution >= 0.6 is 0 Å². The minimum Gasteiger partial charge on any atom is -0.365 e. The largest absolute Gasteiger partial charge is 0.418 e. The Balaban J connectivity index is 2.33. The van der Waals surface area contributed by atoms with E-state index >= 15 is 0 Å². The lowest BCUT2D eigenvalue weighted by molar-refractivity contribution is -0.137. The first-order valence-electron chi connectivity index (χ1n) is 5.59. The van der Waals surface area contributed by atoms with Gasteiger partial charge in [-0.25, -0.2) is 8.78 Å². The highest BCUT2D eigenvalue weighted by Crippen LogP contribution is 2.39. The molecule has 1 aromatic rings. The topological polar surface area (TPSA) is 3.24 Å². The van der Waals surface area contributed by atoms with Crippen molar-refractivity contribution in [3.8, 4) is 0 Å². The van der Waals surface area contributed by atoms with Crippen LogP contribution in [-0.4, -0.2) is 19.0 Å². The zero-order valence-electron chi connectivity index (χ0n) is 9.47. The molecule has 0 atom stereocenters. The van der Waals surface area contributed by atoms with Crippen LogP contribution in [0.5, 0.6) is 0 Å². The molecule has 1 aliphatic heterocycles. The van der Waals surface area contributed by atoms with Gasteiger partial charge in [0, 0.05) is 18.7 Å². The molecule has 1 aliphatic rings. The maximum Gasteiger partial charge on any atom is 0.418 e. The number of benzene rings is 1. The number of hydrogen-bond donors (Lipinski definition) is 0. The van der Waals surface area contributed by atoms with Crippen molar-refractivity contribution < 1.29 is 22.0 Å². The number of halogens is 5. The van der Waals surface area contributed by atoms with Crippen molar-refractivity contribution in [3.05, 3.63) is 29.8 Å². The average molecular weight is 265 g/mol. The van der Waals surface area contributed by atoms with Crippen molar-refractivity contribution in [1.82, 2.24) is 0 Å². The molecule has 1 saturated heterocycles. The van der Waals surface area contributed by atoms with Gasteiger partial charge in [-0.05, 0) is 18.6 Å². The Kier molecular flexibility index (Phi) is 3.21. The predicted molar refractivity (Wildman–Crippen MR) is 57.8 cm³/mol. The van der Waals surface area contributed by atoms with Crippen LogP contribution in [-0.2, 0) is 6.18 Å². The smallest absolute Gasteiger partial charge is 0.365 e. The first kappa shape index (κ1) is 13.1. The van der Waals surface area contributed by atoms with Crippen LogP contribution in [0.25, 0.3) is 0 Å². The Morgan fingerprint density at radius 1 is 1.11 bits per heavy atom. The summed E-state index contributed by atoms with van der Waals surface area (Å²) in [6, 6.07) is 4.85. The van der Waals surface area contributed by atoms with Crippen LogP contribution in [0.4, 0.5) is 27.6 Å². The van der Waals surface area contributed by atoms with Gasteiger partial charge in [-0.3, -0.25) is 0 Å². The Morgan fingerprint density at radius 3 is 2.39 bits per heavy atom. The first-order valence-corrected chi connectivity index (χ1v) is 5.59. The van der Waals surface area contributed by atoms with E-state index in [2.05, 4.69) is 0 Å². The van der Waals surface area contributed by atoms with Gasteiger partial charge in [0.05, 0.1) is 12.1 Å². The van der Waals surface area contributed by atoms with Gasteiger partial charge in [0.2, 0.25) is 0 Å². The molecule has 0 amide bonds. The molecule has 1 nitrogen and oxygen atoms in total. The van der Waals surface area contributed by atoms with E-state index in [1.807, 2.05) is 0 Å². The monoisotopic (exact) mass is 265 g/mol. The highest BCUT2D eigenvalue weighted by Gasteiger charge is 2.39. The summed E-state index contributed by atoms with van der Waals surface area (Å²) in [4.78, 5) is 1.12. The summed E-state index contributed by atoms with van der Waals surface area (Å²) in [6.45, 7) is -0.428. The molecule has 0 spiro atoms. The molecule has 1 heterocycles. The molecule has 100 valence electrons. The third-order valence-electron chi connectivity index (χ3n) is 2.94. The van der Waals surface area contributed by atoms with Gasteiger partial charge in [0.25, 0.3) is 5.92 Å². The van der Waals surface area contributed by atoms with E-state index in [4.69, 9.17) is 0 Å². The summed E-state index contributed by atoms with van der Waals surface area (Å²) in [6.07, 6.45) is -4.60. The van der Waals surface area contributed by atoms with Crippen molar-refractivity contribution in [2.45, 2.75) is 24.9 Å². The summed E-state index contributed by atoms with van der Waals surface area (Å²) < 4.78 is 64.8. The maximum atomic E-state index is 13.2. The lowest BCUT2D eigenvalue weighted by Crippen LogP contribution is -2.43. The Morgan fingerprint density at radius 2 is 1.78 bits per heavy atom. The molecular formula is C12H12F5N. The van der Waals surface area contributed by atoms with Gasteiger partial charge < -0.3 is 4.90 Å². The van der Waals surface area contributed by atoms with Crippen molar-refractivity contribution in [1.29, 1.82) is 0 Å². The van der Waals surface area contributed by atoms with Gasteiger partial charge >= 0.3 is 6.18 Å². The maximum absolute atomic E-state index is 13.2. The molecule has 18 heavy (non-hydrogen) atoms. The Hall–Kier alpha value is -1.33. The molecule has 0 aromatic heterocycles. The second-order valence-corrected chi connectivity index (χ2v) is 4.40. The molecule has 0 N–H and O–H groups in total. The highest BCUT2D eigenvalue weighted by atomic mass is 19.4. The minimum atomic E-state index is -4.52. The molecule has 0 saturated carbocycles. The van der Waals surface area contributed by atoms with Gasteiger partial charge in [-0.2, -0.15) is 13.2 Å². The lowest BCUT2D eigenvalue weighted by atomic mass is 10.0. The number of rotatable bonds is 1. The van der Waals surface area contributed by atoms with E-state index in [-0.39, 0.29) is 25.1 Å². The van der Waals surface area contributed by atoms with Gasteiger partial charge in [0.1, 0.15) is 0 Å². The van der Waals surface area contributed by atoms with E-state index in [0.29, 0.717) is 0 Å². The summed E-state index contributed by atoms with van der Waals surface area (Å²) in [5.41, 5.74) is -1.02. The molecule has 6 heteroatoms. The van der Waals surface area contributed by atoms with E-state index in [0.717, 1.165) is 11.0 Å². The molecule has 1 aromatic carbocycles. The first-order chi connectivity index (χ1) is 8.30. The predicted octanol–water partition coefficient (Wildman–Crippen LogP) is 3.94. The van der Waals surface area contributed by atoms with Crippen LogP contribution in [0.3, 0.4) is 0 Å². The van der Waals surface area contributed by atoms with Gasteiger partial charge in [-0.15, -0.1) is 0 Å². The standard InChI is InChI=1S/C12H12F5N/c13-11(14)6-3-7-18(8-11)10-5-2-1-4-9(10)12(15,16)17/h1-2,4-5H,3,6-8H2. The van der Waals surface area contributed by atoms with Crippen LogP contribution in [0.1, 0.15) is 18.4 Å². The number of para-hydroxylation sites is 1. The Labute approximate surface area is 101 Å². The van der Waals surface area contributed by atoms with E-state index in [9.17, 15) is 22.0 Å². The fourth-order valence-electron chi connectivity index (χ4n) is 2.16. The molecule has 0 aliphatic carbocycles. The van der Waals surface area contributed by atoms with Crippen LogP contribution in [0, 0.1) is 0 Å². The molecule has 0 bridgehead atoms. The van der Waals surface area contributed by atoms with Crippen molar-refractivity contribution in [2.75, 3.05) is 18.0 Å². The van der Waals surface area contributed by atoms with Crippen LogP contribution < -0.4 is 4.90 Å². The third kappa shape index (κ3) is 2.73. The Bertz CT molecular complexity index is 427. The number of piperidine rings is 1. The third-order valence-corrected chi connectivity index (χ3v) is 2.94. The molecule has 0 unspecified atom stereocenters. The van der Waals surface area contributed by atoms with Crippen molar-refractivity contribution >= 4 is 5.69 Å². The molecular weight excluding hydrogens is 253 g/mol. The van der Waals surface area contributed by atoms with E-state index < -0.39 is 24.2 Å². The second-order valence-electron chi connectivity index (χ2n) is 4.40. The summed E-state index contributed by atoms with van der Waals surface area (Å²) in [5.74, 6) is -2.92. The molecule has 0 radical (unpaired) electrons. The zero-order valence-corrected chi connectivity index (χ0v) is 9.47. The van der Waals surface area contributed by atoms with Crippen LogP contribution in [0.2, 0.25) is 0 Å².